The number of nitrogens with one attached hydrogen (secondary N) is 2. The van der Waals surface area contributed by atoms with Gasteiger partial charge >= 0.3 is 0 Å². The average Bonchev–Trinajstić information content (AvgIpc) is 2.88. The first-order valence-corrected chi connectivity index (χ1v) is 6.99. The number of anilines is 1. The Balaban J connectivity index is 1.49. The average molecular weight is 278 g/mol. The number of thiazole rings is 1. The number of aromatic nitrogens is 4. The van der Waals surface area contributed by atoms with Crippen LogP contribution < -0.4 is 10.6 Å². The molecule has 1 fully saturated rings. The number of hydrogen-bond acceptors (Lipinski definition) is 6. The van der Waals surface area contributed by atoms with Crippen molar-refractivity contribution in [2.75, 3.05) is 5.32 Å². The van der Waals surface area contributed by atoms with Crippen molar-refractivity contribution in [3.63, 3.8) is 0 Å². The quantitative estimate of drug-likeness (QED) is 0.809. The van der Waals surface area contributed by atoms with E-state index in [1.807, 2.05) is 5.38 Å². The molecule has 3 rings (SSSR count). The minimum atomic E-state index is -0.151. The SMILES string of the molecule is O=C(Cn1cc(CNC2CC2)nn1)Nc1nccs1. The number of nitrogens with zero attached hydrogens (tertiary/aromatic N) is 4. The van der Waals surface area contributed by atoms with Gasteiger partial charge < -0.3 is 10.6 Å². The van der Waals surface area contributed by atoms with E-state index in [2.05, 4.69) is 25.9 Å². The molecule has 8 heteroatoms. The zero-order valence-corrected chi connectivity index (χ0v) is 11.1. The molecule has 2 aromatic heterocycles. The van der Waals surface area contributed by atoms with Gasteiger partial charge in [0.2, 0.25) is 5.91 Å². The van der Waals surface area contributed by atoms with Crippen molar-refractivity contribution in [3.05, 3.63) is 23.5 Å². The zero-order chi connectivity index (χ0) is 13.1. The molecule has 1 aliphatic carbocycles. The van der Waals surface area contributed by atoms with Crippen LogP contribution in [-0.2, 0) is 17.9 Å². The smallest absolute Gasteiger partial charge is 0.247 e. The molecule has 2 heterocycles. The summed E-state index contributed by atoms with van der Waals surface area (Å²) in [6.45, 7) is 0.856. The number of carbonyl (C=O) groups is 1. The lowest BCUT2D eigenvalue weighted by Crippen LogP contribution is -2.19. The van der Waals surface area contributed by atoms with Crippen molar-refractivity contribution in [1.82, 2.24) is 25.3 Å². The van der Waals surface area contributed by atoms with Gasteiger partial charge in [0.15, 0.2) is 5.13 Å². The Morgan fingerprint density at radius 2 is 2.42 bits per heavy atom. The van der Waals surface area contributed by atoms with Gasteiger partial charge in [-0.15, -0.1) is 16.4 Å². The van der Waals surface area contributed by atoms with Crippen LogP contribution in [0.1, 0.15) is 18.5 Å². The van der Waals surface area contributed by atoms with E-state index >= 15 is 0 Å². The van der Waals surface area contributed by atoms with Crippen molar-refractivity contribution in [2.24, 2.45) is 0 Å². The van der Waals surface area contributed by atoms with Gasteiger partial charge in [-0.05, 0) is 12.8 Å². The van der Waals surface area contributed by atoms with Crippen LogP contribution in [0.4, 0.5) is 5.13 Å². The Labute approximate surface area is 114 Å². The van der Waals surface area contributed by atoms with Crippen molar-refractivity contribution >= 4 is 22.4 Å². The fourth-order valence-electron chi connectivity index (χ4n) is 1.62. The lowest BCUT2D eigenvalue weighted by atomic mass is 10.4. The summed E-state index contributed by atoms with van der Waals surface area (Å²) in [4.78, 5) is 15.7. The van der Waals surface area contributed by atoms with Crippen LogP contribution in [0.25, 0.3) is 0 Å². The third-order valence-electron chi connectivity index (χ3n) is 2.72. The molecule has 1 saturated carbocycles. The molecule has 7 nitrogen and oxygen atoms in total. The van der Waals surface area contributed by atoms with Crippen LogP contribution in [0.2, 0.25) is 0 Å². The molecule has 0 unspecified atom stereocenters. The standard InChI is InChI=1S/C11H14N6OS/c18-10(14-11-12-3-4-19-11)7-17-6-9(15-16-17)5-13-8-1-2-8/h3-4,6,8,13H,1-2,5,7H2,(H,12,14,18). The van der Waals surface area contributed by atoms with E-state index in [1.165, 1.54) is 28.9 Å². The maximum Gasteiger partial charge on any atom is 0.247 e. The lowest BCUT2D eigenvalue weighted by Gasteiger charge is -2.00. The molecule has 2 aromatic rings. The van der Waals surface area contributed by atoms with Crippen molar-refractivity contribution in [2.45, 2.75) is 32.0 Å². The zero-order valence-electron chi connectivity index (χ0n) is 10.2. The summed E-state index contributed by atoms with van der Waals surface area (Å²) < 4.78 is 1.53. The van der Waals surface area contributed by atoms with Gasteiger partial charge in [0.25, 0.3) is 0 Å². The summed E-state index contributed by atoms with van der Waals surface area (Å²) in [5.74, 6) is -0.151. The first-order chi connectivity index (χ1) is 9.29. The second kappa shape index (κ2) is 5.45. The lowest BCUT2D eigenvalue weighted by molar-refractivity contribution is -0.116. The molecular weight excluding hydrogens is 264 g/mol. The van der Waals surface area contributed by atoms with Crippen molar-refractivity contribution in [3.8, 4) is 0 Å². The van der Waals surface area contributed by atoms with Gasteiger partial charge in [-0.2, -0.15) is 0 Å². The van der Waals surface area contributed by atoms with Crippen LogP contribution in [0.5, 0.6) is 0 Å². The van der Waals surface area contributed by atoms with Gasteiger partial charge in [0.05, 0.1) is 11.9 Å². The fraction of sp³-hybridized carbons (Fsp3) is 0.455. The van der Waals surface area contributed by atoms with E-state index in [0.717, 1.165) is 5.69 Å². The van der Waals surface area contributed by atoms with Crippen molar-refractivity contribution in [1.29, 1.82) is 0 Å². The number of hydrogen-bond donors (Lipinski definition) is 2. The highest BCUT2D eigenvalue weighted by molar-refractivity contribution is 7.13. The minimum Gasteiger partial charge on any atom is -0.308 e. The van der Waals surface area contributed by atoms with E-state index in [9.17, 15) is 4.79 Å². The Bertz CT molecular complexity index is 547. The summed E-state index contributed by atoms with van der Waals surface area (Å²) >= 11 is 1.39. The largest absolute Gasteiger partial charge is 0.308 e. The Hall–Kier alpha value is -1.80. The minimum absolute atomic E-state index is 0.149. The molecule has 0 aliphatic heterocycles. The van der Waals surface area contributed by atoms with Crippen LogP contribution >= 0.6 is 11.3 Å². The molecule has 0 atom stereocenters. The van der Waals surface area contributed by atoms with E-state index < -0.39 is 0 Å². The first kappa shape index (κ1) is 12.2. The first-order valence-electron chi connectivity index (χ1n) is 6.11. The van der Waals surface area contributed by atoms with Crippen molar-refractivity contribution < 1.29 is 4.79 Å². The molecule has 0 spiro atoms. The molecular formula is C11H14N6OS. The highest BCUT2D eigenvalue weighted by Gasteiger charge is 2.20. The van der Waals surface area contributed by atoms with Crippen LogP contribution in [-0.4, -0.2) is 31.9 Å². The van der Waals surface area contributed by atoms with E-state index in [4.69, 9.17) is 0 Å². The summed E-state index contributed by atoms with van der Waals surface area (Å²) in [7, 11) is 0. The Morgan fingerprint density at radius 1 is 1.53 bits per heavy atom. The fourth-order valence-corrected chi connectivity index (χ4v) is 2.17. The van der Waals surface area contributed by atoms with E-state index in [0.29, 0.717) is 17.7 Å². The van der Waals surface area contributed by atoms with Crippen LogP contribution in [0.3, 0.4) is 0 Å². The monoisotopic (exact) mass is 278 g/mol. The number of carbonyl (C=O) groups excluding carboxylic acids is 1. The second-order valence-corrected chi connectivity index (χ2v) is 5.34. The van der Waals surface area contributed by atoms with Gasteiger partial charge in [-0.25, -0.2) is 9.67 Å². The normalized spacial score (nSPS) is 14.5. The van der Waals surface area contributed by atoms with Gasteiger partial charge in [-0.1, -0.05) is 5.21 Å². The predicted octanol–water partition coefficient (Wildman–Crippen LogP) is 0.625. The maximum atomic E-state index is 11.7. The Kier molecular flexibility index (Phi) is 3.51. The molecule has 0 saturated heterocycles. The number of amides is 1. The highest BCUT2D eigenvalue weighted by Crippen LogP contribution is 2.18. The summed E-state index contributed by atoms with van der Waals surface area (Å²) in [5, 5.41) is 16.4. The van der Waals surface area contributed by atoms with Gasteiger partial charge in [0.1, 0.15) is 6.54 Å². The van der Waals surface area contributed by atoms with E-state index in [-0.39, 0.29) is 12.5 Å². The second-order valence-electron chi connectivity index (χ2n) is 4.45. The van der Waals surface area contributed by atoms with Gasteiger partial charge in [-0.3, -0.25) is 4.79 Å². The molecule has 1 amide bonds. The highest BCUT2D eigenvalue weighted by atomic mass is 32.1. The van der Waals surface area contributed by atoms with E-state index in [1.54, 1.807) is 12.4 Å². The molecule has 19 heavy (non-hydrogen) atoms. The third-order valence-corrected chi connectivity index (χ3v) is 3.41. The topological polar surface area (TPSA) is 84.7 Å². The summed E-state index contributed by atoms with van der Waals surface area (Å²) in [6, 6.07) is 0.637. The third kappa shape index (κ3) is 3.58. The molecule has 100 valence electrons. The maximum absolute atomic E-state index is 11.7. The van der Waals surface area contributed by atoms with Gasteiger partial charge in [0, 0.05) is 24.2 Å². The molecule has 2 N–H and O–H groups in total. The van der Waals surface area contributed by atoms with Crippen LogP contribution in [0, 0.1) is 0 Å². The Morgan fingerprint density at radius 3 is 3.16 bits per heavy atom. The number of rotatable bonds is 6. The molecule has 0 bridgehead atoms. The summed E-state index contributed by atoms with van der Waals surface area (Å²) in [6.07, 6.45) is 5.92. The molecule has 0 aromatic carbocycles. The predicted molar refractivity (Wildman–Crippen MR) is 70.6 cm³/mol. The summed E-state index contributed by atoms with van der Waals surface area (Å²) in [5.41, 5.74) is 0.856. The molecule has 1 aliphatic rings. The van der Waals surface area contributed by atoms with Crippen LogP contribution in [0.15, 0.2) is 17.8 Å². The molecule has 0 radical (unpaired) electrons.